The molecular formula is C18H24ClNO3. The Morgan fingerprint density at radius 3 is 2.48 bits per heavy atom. The third-order valence-electron chi connectivity index (χ3n) is 4.08. The Morgan fingerprint density at radius 1 is 1.26 bits per heavy atom. The van der Waals surface area contributed by atoms with E-state index in [1.807, 2.05) is 18.2 Å². The molecular weight excluding hydrogens is 314 g/mol. The number of amides is 1. The van der Waals surface area contributed by atoms with Crippen LogP contribution in [0.3, 0.4) is 0 Å². The van der Waals surface area contributed by atoms with Crippen molar-refractivity contribution >= 4 is 23.5 Å². The molecule has 23 heavy (non-hydrogen) atoms. The molecule has 1 amide bonds. The van der Waals surface area contributed by atoms with Gasteiger partial charge in [0.05, 0.1) is 5.41 Å². The molecule has 0 heterocycles. The van der Waals surface area contributed by atoms with Crippen molar-refractivity contribution in [3.8, 4) is 0 Å². The highest BCUT2D eigenvalue weighted by Crippen LogP contribution is 2.42. The first-order valence-electron chi connectivity index (χ1n) is 7.99. The number of halogens is 1. The van der Waals surface area contributed by atoms with Crippen molar-refractivity contribution in [1.29, 1.82) is 0 Å². The second kappa shape index (κ2) is 6.91. The van der Waals surface area contributed by atoms with E-state index in [1.165, 1.54) is 0 Å². The SMILES string of the molecule is CC(C)(C)OC(=O)CNC(=O)C1(c2cccc(Cl)c2)CCCC1. The van der Waals surface area contributed by atoms with Crippen molar-refractivity contribution in [3.05, 3.63) is 34.9 Å². The van der Waals surface area contributed by atoms with Gasteiger partial charge in [0.25, 0.3) is 0 Å². The van der Waals surface area contributed by atoms with E-state index in [1.54, 1.807) is 26.8 Å². The maximum Gasteiger partial charge on any atom is 0.325 e. The number of hydrogen-bond acceptors (Lipinski definition) is 3. The molecule has 1 aromatic carbocycles. The molecule has 1 aliphatic carbocycles. The van der Waals surface area contributed by atoms with Crippen LogP contribution in [0.4, 0.5) is 0 Å². The van der Waals surface area contributed by atoms with Gasteiger partial charge in [0.2, 0.25) is 5.91 Å². The van der Waals surface area contributed by atoms with Crippen molar-refractivity contribution < 1.29 is 14.3 Å². The average molecular weight is 338 g/mol. The highest BCUT2D eigenvalue weighted by molar-refractivity contribution is 6.30. The van der Waals surface area contributed by atoms with E-state index < -0.39 is 17.0 Å². The van der Waals surface area contributed by atoms with E-state index in [9.17, 15) is 9.59 Å². The Morgan fingerprint density at radius 2 is 1.91 bits per heavy atom. The van der Waals surface area contributed by atoms with E-state index >= 15 is 0 Å². The summed E-state index contributed by atoms with van der Waals surface area (Å²) in [4.78, 5) is 24.6. The fraction of sp³-hybridized carbons (Fsp3) is 0.556. The number of hydrogen-bond donors (Lipinski definition) is 1. The minimum atomic E-state index is -0.590. The lowest BCUT2D eigenvalue weighted by Crippen LogP contribution is -2.45. The Bertz CT molecular complexity index is 586. The standard InChI is InChI=1S/C18H24ClNO3/c1-17(2,3)23-15(21)12-20-16(22)18(9-4-5-10-18)13-7-6-8-14(19)11-13/h6-8,11H,4-5,9-10,12H2,1-3H3,(H,20,22). The Hall–Kier alpha value is -1.55. The van der Waals surface area contributed by atoms with Crippen LogP contribution >= 0.6 is 11.6 Å². The zero-order valence-electron chi connectivity index (χ0n) is 13.9. The normalized spacial score (nSPS) is 16.9. The monoisotopic (exact) mass is 337 g/mol. The molecule has 4 nitrogen and oxygen atoms in total. The molecule has 0 bridgehead atoms. The molecule has 126 valence electrons. The first-order chi connectivity index (χ1) is 10.7. The summed E-state index contributed by atoms with van der Waals surface area (Å²) in [5, 5.41) is 3.37. The van der Waals surface area contributed by atoms with Gasteiger partial charge in [-0.15, -0.1) is 0 Å². The van der Waals surface area contributed by atoms with Gasteiger partial charge in [0.15, 0.2) is 0 Å². The number of esters is 1. The van der Waals surface area contributed by atoms with Gasteiger partial charge in [0.1, 0.15) is 12.1 Å². The van der Waals surface area contributed by atoms with E-state index in [2.05, 4.69) is 5.32 Å². The predicted octanol–water partition coefficient (Wildman–Crippen LogP) is 3.61. The number of nitrogens with one attached hydrogen (secondary N) is 1. The molecule has 0 radical (unpaired) electrons. The van der Waals surface area contributed by atoms with Crippen LogP contribution in [-0.2, 0) is 19.7 Å². The third kappa shape index (κ3) is 4.47. The molecule has 1 aliphatic rings. The molecule has 0 saturated heterocycles. The fourth-order valence-electron chi connectivity index (χ4n) is 3.11. The Balaban J connectivity index is 2.09. The van der Waals surface area contributed by atoms with Crippen LogP contribution in [0.25, 0.3) is 0 Å². The molecule has 0 unspecified atom stereocenters. The van der Waals surface area contributed by atoms with Crippen LogP contribution in [0.2, 0.25) is 5.02 Å². The van der Waals surface area contributed by atoms with Gasteiger partial charge in [-0.05, 0) is 51.3 Å². The molecule has 0 aromatic heterocycles. The largest absolute Gasteiger partial charge is 0.459 e. The third-order valence-corrected chi connectivity index (χ3v) is 4.32. The molecule has 1 aromatic rings. The second-order valence-electron chi connectivity index (χ2n) is 7.07. The summed E-state index contributed by atoms with van der Waals surface area (Å²) in [5.41, 5.74) is -0.226. The van der Waals surface area contributed by atoms with Crippen molar-refractivity contribution in [2.75, 3.05) is 6.54 Å². The topological polar surface area (TPSA) is 55.4 Å². The lowest BCUT2D eigenvalue weighted by atomic mass is 9.78. The van der Waals surface area contributed by atoms with Gasteiger partial charge in [-0.3, -0.25) is 9.59 Å². The van der Waals surface area contributed by atoms with Gasteiger partial charge in [-0.1, -0.05) is 36.6 Å². The molecule has 5 heteroatoms. The van der Waals surface area contributed by atoms with Crippen LogP contribution < -0.4 is 5.32 Å². The fourth-order valence-corrected chi connectivity index (χ4v) is 3.30. The van der Waals surface area contributed by atoms with Gasteiger partial charge in [-0.2, -0.15) is 0 Å². The summed E-state index contributed by atoms with van der Waals surface area (Å²) < 4.78 is 5.23. The van der Waals surface area contributed by atoms with Gasteiger partial charge < -0.3 is 10.1 Å². The summed E-state index contributed by atoms with van der Waals surface area (Å²) in [6, 6.07) is 7.44. The molecule has 0 atom stereocenters. The quantitative estimate of drug-likeness (QED) is 0.854. The number of ether oxygens (including phenoxy) is 1. The summed E-state index contributed by atoms with van der Waals surface area (Å²) in [5.74, 6) is -0.548. The van der Waals surface area contributed by atoms with Crippen molar-refractivity contribution in [3.63, 3.8) is 0 Å². The average Bonchev–Trinajstić information content (AvgIpc) is 2.93. The van der Waals surface area contributed by atoms with Gasteiger partial charge >= 0.3 is 5.97 Å². The Labute approximate surface area is 142 Å². The smallest absolute Gasteiger partial charge is 0.325 e. The highest BCUT2D eigenvalue weighted by Gasteiger charge is 2.42. The number of benzene rings is 1. The minimum absolute atomic E-state index is 0.113. The van der Waals surface area contributed by atoms with Crippen LogP contribution in [0.5, 0.6) is 0 Å². The first-order valence-corrected chi connectivity index (χ1v) is 8.37. The minimum Gasteiger partial charge on any atom is -0.459 e. The maximum absolute atomic E-state index is 12.8. The number of carbonyl (C=O) groups excluding carboxylic acids is 2. The molecule has 0 spiro atoms. The zero-order chi connectivity index (χ0) is 17.1. The van der Waals surface area contributed by atoms with Crippen LogP contribution in [0.1, 0.15) is 52.0 Å². The lowest BCUT2D eigenvalue weighted by molar-refractivity contribution is -0.154. The second-order valence-corrected chi connectivity index (χ2v) is 7.51. The predicted molar refractivity (Wildman–Crippen MR) is 90.5 cm³/mol. The summed E-state index contributed by atoms with van der Waals surface area (Å²) in [7, 11) is 0. The summed E-state index contributed by atoms with van der Waals surface area (Å²) >= 11 is 6.08. The van der Waals surface area contributed by atoms with Gasteiger partial charge in [0, 0.05) is 5.02 Å². The maximum atomic E-state index is 12.8. The number of rotatable bonds is 4. The lowest BCUT2D eigenvalue weighted by Gasteiger charge is -2.28. The van der Waals surface area contributed by atoms with Gasteiger partial charge in [-0.25, -0.2) is 0 Å². The summed E-state index contributed by atoms with van der Waals surface area (Å²) in [6.07, 6.45) is 3.53. The van der Waals surface area contributed by atoms with Crippen molar-refractivity contribution in [2.45, 2.75) is 57.5 Å². The van der Waals surface area contributed by atoms with E-state index in [0.717, 1.165) is 31.2 Å². The number of carbonyl (C=O) groups is 2. The molecule has 0 aliphatic heterocycles. The van der Waals surface area contributed by atoms with Crippen LogP contribution in [0, 0.1) is 0 Å². The molecule has 2 rings (SSSR count). The molecule has 1 saturated carbocycles. The molecule has 1 N–H and O–H groups in total. The Kier molecular flexibility index (Phi) is 5.35. The zero-order valence-corrected chi connectivity index (χ0v) is 14.7. The van der Waals surface area contributed by atoms with Crippen LogP contribution in [-0.4, -0.2) is 24.0 Å². The van der Waals surface area contributed by atoms with Crippen LogP contribution in [0.15, 0.2) is 24.3 Å². The van der Waals surface area contributed by atoms with Crippen molar-refractivity contribution in [1.82, 2.24) is 5.32 Å². The molecule has 1 fully saturated rings. The van der Waals surface area contributed by atoms with E-state index in [4.69, 9.17) is 16.3 Å². The van der Waals surface area contributed by atoms with E-state index in [-0.39, 0.29) is 12.5 Å². The van der Waals surface area contributed by atoms with Crippen molar-refractivity contribution in [2.24, 2.45) is 0 Å². The first kappa shape index (κ1) is 17.8. The highest BCUT2D eigenvalue weighted by atomic mass is 35.5. The van der Waals surface area contributed by atoms with E-state index in [0.29, 0.717) is 5.02 Å². The summed E-state index contributed by atoms with van der Waals surface area (Å²) in [6.45, 7) is 5.30.